The van der Waals surface area contributed by atoms with E-state index in [0.29, 0.717) is 6.29 Å². The summed E-state index contributed by atoms with van der Waals surface area (Å²) in [6.45, 7) is 3.41. The molecule has 1 N–H and O–H groups in total. The van der Waals surface area contributed by atoms with Gasteiger partial charge in [0.05, 0.1) is 6.42 Å². The first-order chi connectivity index (χ1) is 4.70. The van der Waals surface area contributed by atoms with E-state index in [1.165, 1.54) is 6.08 Å². The molecule has 0 aliphatic carbocycles. The van der Waals surface area contributed by atoms with Crippen LogP contribution >= 0.6 is 0 Å². The number of carbonyl (C=O) groups excluding carboxylic acids is 1. The summed E-state index contributed by atoms with van der Waals surface area (Å²) in [4.78, 5) is 20.0. The molecule has 0 spiro atoms. The first-order valence-corrected chi connectivity index (χ1v) is 2.98. The third-order valence-corrected chi connectivity index (χ3v) is 1.17. The van der Waals surface area contributed by atoms with Crippen molar-refractivity contribution in [3.63, 3.8) is 0 Å². The second-order valence-corrected chi connectivity index (χ2v) is 2.00. The highest BCUT2D eigenvalue weighted by Crippen LogP contribution is 2.06. The van der Waals surface area contributed by atoms with Gasteiger partial charge in [-0.2, -0.15) is 0 Å². The highest BCUT2D eigenvalue weighted by atomic mass is 16.4. The second kappa shape index (κ2) is 4.73. The van der Waals surface area contributed by atoms with Crippen molar-refractivity contribution < 1.29 is 14.7 Å². The van der Waals surface area contributed by atoms with Gasteiger partial charge in [-0.05, 0) is 5.92 Å². The number of aliphatic carboxylic acids is 1. The lowest BCUT2D eigenvalue weighted by Gasteiger charge is -2.02. The quantitative estimate of drug-likeness (QED) is 0.457. The Bertz CT molecular complexity index is 140. The Hall–Kier alpha value is -1.12. The number of hydrogen-bond donors (Lipinski definition) is 1. The highest BCUT2D eigenvalue weighted by molar-refractivity contribution is 5.68. The van der Waals surface area contributed by atoms with Crippen LogP contribution in [0.3, 0.4) is 0 Å². The molecule has 0 radical (unpaired) electrons. The summed E-state index contributed by atoms with van der Waals surface area (Å²) < 4.78 is 0. The van der Waals surface area contributed by atoms with Crippen LogP contribution in [0.25, 0.3) is 0 Å². The molecule has 3 heteroatoms. The molecule has 0 amide bonds. The molecule has 0 bridgehead atoms. The molecule has 0 aliphatic heterocycles. The van der Waals surface area contributed by atoms with Gasteiger partial charge in [-0.3, -0.25) is 4.79 Å². The van der Waals surface area contributed by atoms with Gasteiger partial charge < -0.3 is 9.90 Å². The maximum Gasteiger partial charge on any atom is 0.303 e. The van der Waals surface area contributed by atoms with Crippen LogP contribution in [0.5, 0.6) is 0 Å². The smallest absolute Gasteiger partial charge is 0.303 e. The topological polar surface area (TPSA) is 54.4 Å². The molecule has 1 unspecified atom stereocenters. The van der Waals surface area contributed by atoms with Crippen LogP contribution in [0.15, 0.2) is 12.7 Å². The Morgan fingerprint density at radius 2 is 2.30 bits per heavy atom. The summed E-state index contributed by atoms with van der Waals surface area (Å²) in [5.74, 6) is -1.11. The molecule has 10 heavy (non-hydrogen) atoms. The van der Waals surface area contributed by atoms with Gasteiger partial charge in [-0.15, -0.1) is 6.58 Å². The largest absolute Gasteiger partial charge is 0.481 e. The van der Waals surface area contributed by atoms with Gasteiger partial charge in [0.1, 0.15) is 6.29 Å². The van der Waals surface area contributed by atoms with Gasteiger partial charge in [0.15, 0.2) is 0 Å². The molecule has 0 aromatic rings. The number of aldehydes is 1. The normalized spacial score (nSPS) is 12.0. The van der Waals surface area contributed by atoms with E-state index in [2.05, 4.69) is 6.58 Å². The van der Waals surface area contributed by atoms with Crippen molar-refractivity contribution in [1.29, 1.82) is 0 Å². The van der Waals surface area contributed by atoms with Crippen molar-refractivity contribution in [1.82, 2.24) is 0 Å². The van der Waals surface area contributed by atoms with E-state index in [1.807, 2.05) is 0 Å². The van der Waals surface area contributed by atoms with Crippen LogP contribution in [0, 0.1) is 5.92 Å². The minimum atomic E-state index is -0.897. The fraction of sp³-hybridized carbons (Fsp3) is 0.429. The number of carboxylic acids is 1. The second-order valence-electron chi connectivity index (χ2n) is 2.00. The number of hydrogen-bond acceptors (Lipinski definition) is 2. The fourth-order valence-corrected chi connectivity index (χ4v) is 0.611. The predicted molar refractivity (Wildman–Crippen MR) is 36.6 cm³/mol. The summed E-state index contributed by atoms with van der Waals surface area (Å²) >= 11 is 0. The molecule has 0 saturated heterocycles. The SMILES string of the molecule is C=CC(CC=O)CC(=O)O. The Kier molecular flexibility index (Phi) is 4.20. The van der Waals surface area contributed by atoms with E-state index in [-0.39, 0.29) is 18.8 Å². The van der Waals surface area contributed by atoms with E-state index in [1.54, 1.807) is 0 Å². The summed E-state index contributed by atoms with van der Waals surface area (Å²) in [6, 6.07) is 0. The third kappa shape index (κ3) is 3.83. The van der Waals surface area contributed by atoms with Crippen molar-refractivity contribution in [2.24, 2.45) is 5.92 Å². The Balaban J connectivity index is 3.70. The maximum absolute atomic E-state index is 10.1. The Morgan fingerprint density at radius 3 is 2.60 bits per heavy atom. The van der Waals surface area contributed by atoms with Crippen molar-refractivity contribution in [2.45, 2.75) is 12.8 Å². The maximum atomic E-state index is 10.1. The molecular weight excluding hydrogens is 132 g/mol. The summed E-state index contributed by atoms with van der Waals surface area (Å²) in [7, 11) is 0. The first-order valence-electron chi connectivity index (χ1n) is 2.98. The fourth-order valence-electron chi connectivity index (χ4n) is 0.611. The number of carboxylic acid groups (broad SMARTS) is 1. The molecular formula is C7H10O3. The minimum absolute atomic E-state index is 0.0117. The lowest BCUT2D eigenvalue weighted by Crippen LogP contribution is -2.05. The number of rotatable bonds is 5. The molecule has 0 saturated carbocycles. The van der Waals surface area contributed by atoms with Crippen LogP contribution < -0.4 is 0 Å². The van der Waals surface area contributed by atoms with Crippen molar-refractivity contribution >= 4 is 12.3 Å². The molecule has 0 fully saturated rings. The van der Waals surface area contributed by atoms with Crippen molar-refractivity contribution in [3.05, 3.63) is 12.7 Å². The molecule has 0 heterocycles. The van der Waals surface area contributed by atoms with Crippen LogP contribution in [-0.2, 0) is 9.59 Å². The van der Waals surface area contributed by atoms with Gasteiger partial charge in [-0.25, -0.2) is 0 Å². The highest BCUT2D eigenvalue weighted by Gasteiger charge is 2.07. The molecule has 1 atom stereocenters. The van der Waals surface area contributed by atoms with E-state index >= 15 is 0 Å². The summed E-state index contributed by atoms with van der Waals surface area (Å²) in [5.41, 5.74) is 0. The zero-order valence-electron chi connectivity index (χ0n) is 5.62. The van der Waals surface area contributed by atoms with E-state index in [0.717, 1.165) is 0 Å². The van der Waals surface area contributed by atoms with Crippen LogP contribution in [0.4, 0.5) is 0 Å². The first kappa shape index (κ1) is 8.88. The van der Waals surface area contributed by atoms with Gasteiger partial charge in [0.25, 0.3) is 0 Å². The Labute approximate surface area is 59.4 Å². The Morgan fingerprint density at radius 1 is 1.70 bits per heavy atom. The standard InChI is InChI=1S/C7H10O3/c1-2-6(3-4-8)5-7(9)10/h2,4,6H,1,3,5H2,(H,9,10). The average Bonchev–Trinajstić information content (AvgIpc) is 1.86. The molecule has 0 aromatic heterocycles. The zero-order chi connectivity index (χ0) is 7.98. The summed E-state index contributed by atoms with van der Waals surface area (Å²) in [6.07, 6.45) is 2.43. The summed E-state index contributed by atoms with van der Waals surface area (Å²) in [5, 5.41) is 8.28. The molecule has 0 aromatic carbocycles. The minimum Gasteiger partial charge on any atom is -0.481 e. The van der Waals surface area contributed by atoms with Gasteiger partial charge in [0, 0.05) is 6.42 Å². The van der Waals surface area contributed by atoms with Crippen molar-refractivity contribution in [2.75, 3.05) is 0 Å². The van der Waals surface area contributed by atoms with E-state index < -0.39 is 5.97 Å². The monoisotopic (exact) mass is 142 g/mol. The molecule has 0 rings (SSSR count). The van der Waals surface area contributed by atoms with E-state index in [9.17, 15) is 9.59 Å². The average molecular weight is 142 g/mol. The lowest BCUT2D eigenvalue weighted by atomic mass is 10.0. The lowest BCUT2D eigenvalue weighted by molar-refractivity contribution is -0.137. The van der Waals surface area contributed by atoms with Crippen LogP contribution in [-0.4, -0.2) is 17.4 Å². The number of carbonyl (C=O) groups is 2. The van der Waals surface area contributed by atoms with Crippen molar-refractivity contribution in [3.8, 4) is 0 Å². The van der Waals surface area contributed by atoms with Gasteiger partial charge in [-0.1, -0.05) is 6.08 Å². The molecule has 0 aliphatic rings. The van der Waals surface area contributed by atoms with Crippen LogP contribution in [0.1, 0.15) is 12.8 Å². The predicted octanol–water partition coefficient (Wildman–Crippen LogP) is 0.852. The number of allylic oxidation sites excluding steroid dienone is 1. The van der Waals surface area contributed by atoms with Gasteiger partial charge in [0.2, 0.25) is 0 Å². The van der Waals surface area contributed by atoms with E-state index in [4.69, 9.17) is 5.11 Å². The molecule has 56 valence electrons. The van der Waals surface area contributed by atoms with Gasteiger partial charge >= 0.3 is 5.97 Å². The van der Waals surface area contributed by atoms with Crippen LogP contribution in [0.2, 0.25) is 0 Å². The zero-order valence-corrected chi connectivity index (χ0v) is 5.62. The molecule has 3 nitrogen and oxygen atoms in total. The third-order valence-electron chi connectivity index (χ3n) is 1.17.